The molecule has 0 aliphatic rings. The van der Waals surface area contributed by atoms with E-state index in [9.17, 15) is 19.5 Å². The van der Waals surface area contributed by atoms with Crippen molar-refractivity contribution >= 4 is 17.9 Å². The van der Waals surface area contributed by atoms with Gasteiger partial charge in [0.15, 0.2) is 12.4 Å². The molecule has 0 saturated carbocycles. The van der Waals surface area contributed by atoms with Gasteiger partial charge in [-0.1, -0.05) is 312 Å². The van der Waals surface area contributed by atoms with Gasteiger partial charge >= 0.3 is 11.9 Å². The minimum absolute atomic E-state index is 0.148. The van der Waals surface area contributed by atoms with Crippen molar-refractivity contribution < 1.29 is 42.9 Å². The topological polar surface area (TPSA) is 111 Å². The Kier molecular flexibility index (Phi) is 64.6. The van der Waals surface area contributed by atoms with Crippen LogP contribution in [0.2, 0.25) is 0 Å². The van der Waals surface area contributed by atoms with E-state index < -0.39 is 24.3 Å². The van der Waals surface area contributed by atoms with E-state index in [1.165, 1.54) is 263 Å². The minimum atomic E-state index is -1.62. The normalized spacial score (nSPS) is 13.0. The summed E-state index contributed by atoms with van der Waals surface area (Å²) in [5.74, 6) is -2.26. The molecule has 2 atom stereocenters. The quantitative estimate of drug-likeness (QED) is 0.0195. The Morgan fingerprint density at radius 3 is 0.941 bits per heavy atom. The number of esters is 2. The number of quaternary nitrogens is 1. The molecule has 0 aromatic rings. The highest BCUT2D eigenvalue weighted by Crippen LogP contribution is 2.18. The molecule has 0 fully saturated rings. The maximum absolute atomic E-state index is 12.9. The number of allylic oxidation sites excluding steroid dienone is 10. The second kappa shape index (κ2) is 66.9. The number of aliphatic carboxylic acids is 1. The van der Waals surface area contributed by atoms with Gasteiger partial charge in [-0.15, -0.1) is 0 Å². The van der Waals surface area contributed by atoms with Gasteiger partial charge in [-0.25, -0.2) is 0 Å². The maximum atomic E-state index is 12.9. The number of likely N-dealkylation sites (N-methyl/N-ethyl adjacent to an activating group) is 1. The zero-order valence-corrected chi connectivity index (χ0v) is 56.7. The number of ether oxygens (including phenoxy) is 4. The Labute approximate surface area is 526 Å². The zero-order valence-electron chi connectivity index (χ0n) is 56.7. The predicted octanol–water partition coefficient (Wildman–Crippen LogP) is 21.4. The highest BCUT2D eigenvalue weighted by molar-refractivity contribution is 5.70. The molecule has 0 aromatic carbocycles. The minimum Gasteiger partial charge on any atom is -0.545 e. The van der Waals surface area contributed by atoms with Crippen LogP contribution in [0.25, 0.3) is 0 Å². The molecule has 85 heavy (non-hydrogen) atoms. The van der Waals surface area contributed by atoms with Gasteiger partial charge in [0.05, 0.1) is 40.3 Å². The van der Waals surface area contributed by atoms with Crippen LogP contribution in [-0.2, 0) is 33.3 Å². The van der Waals surface area contributed by atoms with Crippen LogP contribution in [0.15, 0.2) is 60.8 Å². The largest absolute Gasteiger partial charge is 0.545 e. The maximum Gasteiger partial charge on any atom is 0.306 e. The fourth-order valence-electron chi connectivity index (χ4n) is 10.6. The number of carbonyl (C=O) groups is 3. The summed E-state index contributed by atoms with van der Waals surface area (Å²) < 4.78 is 22.8. The summed E-state index contributed by atoms with van der Waals surface area (Å²) in [7, 11) is 5.94. The Balaban J connectivity index is 4.06. The van der Waals surface area contributed by atoms with E-state index in [0.29, 0.717) is 23.9 Å². The van der Waals surface area contributed by atoms with Crippen molar-refractivity contribution in [2.45, 2.75) is 360 Å². The zero-order chi connectivity index (χ0) is 61.9. The molecule has 0 N–H and O–H groups in total. The van der Waals surface area contributed by atoms with Gasteiger partial charge in [-0.2, -0.15) is 0 Å². The molecule has 9 nitrogen and oxygen atoms in total. The van der Waals surface area contributed by atoms with Gasteiger partial charge in [0.25, 0.3) is 0 Å². The van der Waals surface area contributed by atoms with Crippen molar-refractivity contribution in [2.75, 3.05) is 47.5 Å². The van der Waals surface area contributed by atoms with Crippen LogP contribution in [0.1, 0.15) is 348 Å². The fourth-order valence-corrected chi connectivity index (χ4v) is 10.6. The second-order valence-electron chi connectivity index (χ2n) is 25.9. The molecule has 0 heterocycles. The van der Waals surface area contributed by atoms with Gasteiger partial charge in [0.2, 0.25) is 0 Å². The van der Waals surface area contributed by atoms with Crippen molar-refractivity contribution in [1.29, 1.82) is 0 Å². The van der Waals surface area contributed by atoms with Gasteiger partial charge in [0, 0.05) is 12.8 Å². The van der Waals surface area contributed by atoms with Gasteiger partial charge in [-0.3, -0.25) is 9.59 Å². The first kappa shape index (κ1) is 82.0. The first-order valence-electron chi connectivity index (χ1n) is 36.4. The Morgan fingerprint density at radius 2 is 0.635 bits per heavy atom. The highest BCUT2D eigenvalue weighted by Gasteiger charge is 2.22. The van der Waals surface area contributed by atoms with Crippen LogP contribution < -0.4 is 5.11 Å². The lowest BCUT2D eigenvalue weighted by Crippen LogP contribution is -2.44. The van der Waals surface area contributed by atoms with Crippen LogP contribution >= 0.6 is 0 Å². The van der Waals surface area contributed by atoms with Crippen LogP contribution in [0.4, 0.5) is 0 Å². The molecular weight excluding hydrogens is 1050 g/mol. The summed E-state index contributed by atoms with van der Waals surface area (Å²) in [6, 6.07) is 0. The third kappa shape index (κ3) is 68.3. The Morgan fingerprint density at radius 1 is 0.353 bits per heavy atom. The monoisotopic (exact) mass is 1190 g/mol. The lowest BCUT2D eigenvalue weighted by Gasteiger charge is -2.26. The van der Waals surface area contributed by atoms with Crippen LogP contribution in [0.3, 0.4) is 0 Å². The average molecular weight is 1190 g/mol. The molecule has 0 bridgehead atoms. The van der Waals surface area contributed by atoms with E-state index in [4.69, 9.17) is 18.9 Å². The predicted molar refractivity (Wildman–Crippen MR) is 362 cm³/mol. The summed E-state index contributed by atoms with van der Waals surface area (Å²) in [5, 5.41) is 11.8. The van der Waals surface area contributed by atoms with Crippen LogP contribution in [0.5, 0.6) is 0 Å². The lowest BCUT2D eigenvalue weighted by molar-refractivity contribution is -0.870. The number of rotatable bonds is 68. The van der Waals surface area contributed by atoms with Gasteiger partial charge in [0.1, 0.15) is 13.2 Å². The number of nitrogens with zero attached hydrogens (tertiary/aromatic N) is 1. The van der Waals surface area contributed by atoms with Crippen LogP contribution in [-0.4, -0.2) is 82.3 Å². The summed E-state index contributed by atoms with van der Waals surface area (Å²) >= 11 is 0. The van der Waals surface area contributed by atoms with Crippen molar-refractivity contribution in [3.8, 4) is 0 Å². The summed E-state index contributed by atoms with van der Waals surface area (Å²) in [5.41, 5.74) is 0. The number of carbonyl (C=O) groups excluding carboxylic acids is 3. The molecule has 0 saturated heterocycles. The molecular formula is C76H139NO8. The van der Waals surface area contributed by atoms with Crippen LogP contribution in [0, 0.1) is 0 Å². The SMILES string of the molecule is CCCCCCC/C=C\C/C=C\C/C=C\CCCCCCCCCCCCCCCCCCCCC(=O)OC(COC(=O)CCCCCCCCCCCCCCCCC/C=C\C/C=C\CCCCCCC)COC(OCC[N+](C)(C)C)C(=O)[O-]. The number of unbranched alkanes of at least 4 members (excludes halogenated alkanes) is 43. The smallest absolute Gasteiger partial charge is 0.306 e. The molecule has 0 amide bonds. The second-order valence-corrected chi connectivity index (χ2v) is 25.9. The molecule has 0 rings (SSSR count). The molecule has 0 aliphatic heterocycles. The molecule has 2 unspecified atom stereocenters. The molecule has 496 valence electrons. The van der Waals surface area contributed by atoms with E-state index in [2.05, 4.69) is 74.6 Å². The number of carboxylic acid groups (broad SMARTS) is 1. The third-order valence-corrected chi connectivity index (χ3v) is 16.2. The molecule has 0 spiro atoms. The van der Waals surface area contributed by atoms with Crippen molar-refractivity contribution in [2.24, 2.45) is 0 Å². The van der Waals surface area contributed by atoms with E-state index in [1.54, 1.807) is 0 Å². The number of carboxylic acids is 1. The first-order chi connectivity index (χ1) is 41.6. The number of hydrogen-bond acceptors (Lipinski definition) is 8. The fraction of sp³-hybridized carbons (Fsp3) is 0.829. The summed E-state index contributed by atoms with van der Waals surface area (Å²) in [4.78, 5) is 37.5. The van der Waals surface area contributed by atoms with E-state index >= 15 is 0 Å². The van der Waals surface area contributed by atoms with E-state index in [1.807, 2.05) is 21.1 Å². The van der Waals surface area contributed by atoms with E-state index in [-0.39, 0.29) is 32.2 Å². The standard InChI is InChI=1S/C76H139NO8/c1-6-8-10-12-14-16-18-20-22-24-26-28-30-32-34-35-36-37-38-39-41-43-45-47-49-51-53-55-57-59-61-63-65-67-74(79)85-72(71-84-76(75(80)81)82-69-68-77(3,4)5)70-83-73(78)66-64-62-60-58-56-54-52-50-48-46-44-42-40-33-31-29-27-25-23-21-19-17-15-13-11-9-7-2/h18-21,24-27,30,32,72,76H,6-17,22-23,28-29,31,33-71H2,1-5H3/b20-18-,21-19-,26-24-,27-25-,32-30-. The highest BCUT2D eigenvalue weighted by atomic mass is 16.7. The van der Waals surface area contributed by atoms with Crippen molar-refractivity contribution in [3.05, 3.63) is 60.8 Å². The van der Waals surface area contributed by atoms with Crippen molar-refractivity contribution in [1.82, 2.24) is 0 Å². The van der Waals surface area contributed by atoms with Gasteiger partial charge in [-0.05, 0) is 83.5 Å². The lowest BCUT2D eigenvalue weighted by atomic mass is 10.0. The van der Waals surface area contributed by atoms with Crippen molar-refractivity contribution in [3.63, 3.8) is 0 Å². The Bertz CT molecular complexity index is 1580. The molecule has 0 aromatic heterocycles. The third-order valence-electron chi connectivity index (χ3n) is 16.2. The molecule has 9 heteroatoms. The summed E-state index contributed by atoms with van der Waals surface area (Å²) in [6.45, 7) is 4.78. The molecule has 0 aliphatic carbocycles. The average Bonchev–Trinajstić information content (AvgIpc) is 3.49. The Hall–Kier alpha value is -3.01. The van der Waals surface area contributed by atoms with E-state index in [0.717, 1.165) is 51.4 Å². The molecule has 0 radical (unpaired) electrons. The van der Waals surface area contributed by atoms with Gasteiger partial charge < -0.3 is 33.3 Å². The first-order valence-corrected chi connectivity index (χ1v) is 36.4. The summed E-state index contributed by atoms with van der Waals surface area (Å²) in [6.07, 6.45) is 84.5. The number of hydrogen-bond donors (Lipinski definition) is 0.